The Morgan fingerprint density at radius 3 is 2.57 bits per heavy atom. The fourth-order valence-electron chi connectivity index (χ4n) is 2.29. The third-order valence-electron chi connectivity index (χ3n) is 3.19. The number of methoxy groups -OCH3 is 1. The van der Waals surface area contributed by atoms with Gasteiger partial charge in [-0.1, -0.05) is 0 Å². The van der Waals surface area contributed by atoms with Gasteiger partial charge >= 0.3 is 12.1 Å². The zero-order valence-electron chi connectivity index (χ0n) is 13.0. The zero-order chi connectivity index (χ0) is 15.8. The predicted octanol–water partition coefficient (Wildman–Crippen LogP) is 2.47. The van der Waals surface area contributed by atoms with E-state index in [1.807, 2.05) is 27.7 Å². The number of fused-ring (bicyclic) bond motifs is 1. The molecular formula is C15H20N2O4. The second kappa shape index (κ2) is 5.35. The minimum Gasteiger partial charge on any atom is -0.464 e. The average Bonchev–Trinajstić information content (AvgIpc) is 2.80. The molecule has 1 aromatic heterocycles. The van der Waals surface area contributed by atoms with E-state index >= 15 is 0 Å². The molecule has 114 valence electrons. The summed E-state index contributed by atoms with van der Waals surface area (Å²) in [7, 11) is 1.30. The molecule has 0 bridgehead atoms. The van der Waals surface area contributed by atoms with Crippen LogP contribution in [0.2, 0.25) is 0 Å². The van der Waals surface area contributed by atoms with E-state index in [4.69, 9.17) is 9.47 Å². The summed E-state index contributed by atoms with van der Waals surface area (Å²) < 4.78 is 10.1. The highest BCUT2D eigenvalue weighted by Crippen LogP contribution is 2.32. The molecule has 1 aliphatic rings. The molecule has 2 heterocycles. The number of anilines is 1. The Kier molecular flexibility index (Phi) is 3.89. The van der Waals surface area contributed by atoms with E-state index in [9.17, 15) is 9.59 Å². The largest absolute Gasteiger partial charge is 0.464 e. The number of carbonyl (C=O) groups excluding carboxylic acids is 2. The van der Waals surface area contributed by atoms with Gasteiger partial charge in [0.1, 0.15) is 5.60 Å². The molecule has 0 aromatic carbocycles. The highest BCUT2D eigenvalue weighted by Gasteiger charge is 2.31. The van der Waals surface area contributed by atoms with E-state index < -0.39 is 17.7 Å². The molecule has 0 unspecified atom stereocenters. The monoisotopic (exact) mass is 292 g/mol. The highest BCUT2D eigenvalue weighted by molar-refractivity contribution is 5.94. The lowest BCUT2D eigenvalue weighted by Crippen LogP contribution is -2.35. The van der Waals surface area contributed by atoms with Gasteiger partial charge in [0.2, 0.25) is 0 Å². The number of aryl methyl sites for hydroxylation is 1. The van der Waals surface area contributed by atoms with Crippen LogP contribution in [0.25, 0.3) is 0 Å². The first-order chi connectivity index (χ1) is 9.73. The van der Waals surface area contributed by atoms with Crippen LogP contribution in [0.5, 0.6) is 0 Å². The number of esters is 1. The lowest BCUT2D eigenvalue weighted by atomic mass is 10.1. The lowest BCUT2D eigenvalue weighted by Gasteiger charge is -2.25. The van der Waals surface area contributed by atoms with Gasteiger partial charge in [-0.2, -0.15) is 0 Å². The minimum atomic E-state index is -0.562. The van der Waals surface area contributed by atoms with Crippen molar-refractivity contribution < 1.29 is 19.1 Å². The Hall–Kier alpha value is -2.11. The number of aromatic nitrogens is 1. The van der Waals surface area contributed by atoms with Crippen LogP contribution in [0.1, 0.15) is 42.5 Å². The number of hydrogen-bond acceptors (Lipinski definition) is 5. The zero-order valence-corrected chi connectivity index (χ0v) is 13.0. The summed E-state index contributed by atoms with van der Waals surface area (Å²) in [4.78, 5) is 29.7. The second-order valence-electron chi connectivity index (χ2n) is 5.96. The van der Waals surface area contributed by atoms with Crippen LogP contribution in [0.4, 0.5) is 10.5 Å². The summed E-state index contributed by atoms with van der Waals surface area (Å²) in [5.74, 6) is -0.517. The van der Waals surface area contributed by atoms with Crippen LogP contribution < -0.4 is 4.90 Å². The summed E-state index contributed by atoms with van der Waals surface area (Å²) in [6.45, 7) is 7.81. The van der Waals surface area contributed by atoms with E-state index in [0.717, 1.165) is 11.3 Å². The maximum absolute atomic E-state index is 12.3. The van der Waals surface area contributed by atoms with Gasteiger partial charge < -0.3 is 9.47 Å². The van der Waals surface area contributed by atoms with Gasteiger partial charge in [-0.3, -0.25) is 4.90 Å². The Morgan fingerprint density at radius 2 is 2.00 bits per heavy atom. The second-order valence-corrected chi connectivity index (χ2v) is 5.96. The van der Waals surface area contributed by atoms with Crippen molar-refractivity contribution in [1.82, 2.24) is 4.98 Å². The molecule has 1 amide bonds. The van der Waals surface area contributed by atoms with Crippen molar-refractivity contribution in [2.45, 2.75) is 39.7 Å². The molecule has 0 atom stereocenters. The van der Waals surface area contributed by atoms with Crippen molar-refractivity contribution in [3.63, 3.8) is 0 Å². The third-order valence-corrected chi connectivity index (χ3v) is 3.19. The maximum atomic E-state index is 12.3. The molecule has 1 aliphatic heterocycles. The number of ether oxygens (including phenoxy) is 2. The molecule has 2 rings (SSSR count). The van der Waals surface area contributed by atoms with Crippen LogP contribution >= 0.6 is 0 Å². The van der Waals surface area contributed by atoms with Gasteiger partial charge in [-0.15, -0.1) is 0 Å². The normalized spacial score (nSPS) is 13.9. The van der Waals surface area contributed by atoms with Crippen molar-refractivity contribution in [3.05, 3.63) is 23.0 Å². The Bertz CT molecular complexity index is 590. The molecular weight excluding hydrogens is 272 g/mol. The molecule has 0 saturated carbocycles. The molecule has 6 heteroatoms. The van der Waals surface area contributed by atoms with Crippen molar-refractivity contribution in [1.29, 1.82) is 0 Å². The van der Waals surface area contributed by atoms with Crippen molar-refractivity contribution in [2.24, 2.45) is 0 Å². The maximum Gasteiger partial charge on any atom is 0.414 e. The van der Waals surface area contributed by atoms with Crippen molar-refractivity contribution >= 4 is 17.7 Å². The molecule has 0 aliphatic carbocycles. The summed E-state index contributed by atoms with van der Waals surface area (Å²) in [5, 5.41) is 0. The van der Waals surface area contributed by atoms with E-state index in [1.54, 1.807) is 11.0 Å². The summed E-state index contributed by atoms with van der Waals surface area (Å²) in [5.41, 5.74) is 2.02. The molecule has 0 N–H and O–H groups in total. The smallest absolute Gasteiger partial charge is 0.414 e. The van der Waals surface area contributed by atoms with Crippen LogP contribution in [0.15, 0.2) is 6.07 Å². The van der Waals surface area contributed by atoms with E-state index in [0.29, 0.717) is 18.7 Å². The predicted molar refractivity (Wildman–Crippen MR) is 77.6 cm³/mol. The first kappa shape index (κ1) is 15.3. The number of hydrogen-bond donors (Lipinski definition) is 0. The number of nitrogens with zero attached hydrogens (tertiary/aromatic N) is 2. The van der Waals surface area contributed by atoms with Crippen LogP contribution in [0, 0.1) is 6.92 Å². The molecule has 0 spiro atoms. The summed E-state index contributed by atoms with van der Waals surface area (Å²) >= 11 is 0. The van der Waals surface area contributed by atoms with E-state index in [2.05, 4.69) is 4.98 Å². The SMILES string of the molecule is COC(=O)c1cc2c(c(C)n1)CCN2C(=O)OC(C)(C)C. The Labute approximate surface area is 124 Å². The van der Waals surface area contributed by atoms with Crippen LogP contribution in [-0.4, -0.2) is 36.3 Å². The Balaban J connectivity index is 2.36. The van der Waals surface area contributed by atoms with Crippen LogP contribution in [0.3, 0.4) is 0 Å². The average molecular weight is 292 g/mol. The van der Waals surface area contributed by atoms with Gasteiger partial charge in [0, 0.05) is 12.2 Å². The van der Waals surface area contributed by atoms with Gasteiger partial charge in [0.05, 0.1) is 12.8 Å². The molecule has 1 aromatic rings. The number of rotatable bonds is 1. The first-order valence-electron chi connectivity index (χ1n) is 6.82. The number of pyridine rings is 1. The third kappa shape index (κ3) is 3.15. The quantitative estimate of drug-likeness (QED) is 0.744. The first-order valence-corrected chi connectivity index (χ1v) is 6.82. The summed E-state index contributed by atoms with van der Waals surface area (Å²) in [6, 6.07) is 1.59. The van der Waals surface area contributed by atoms with Gasteiger partial charge in [-0.05, 0) is 45.7 Å². The van der Waals surface area contributed by atoms with Gasteiger partial charge in [0.15, 0.2) is 5.69 Å². The van der Waals surface area contributed by atoms with Gasteiger partial charge in [-0.25, -0.2) is 14.6 Å². The van der Waals surface area contributed by atoms with E-state index in [1.165, 1.54) is 7.11 Å². The fourth-order valence-corrected chi connectivity index (χ4v) is 2.29. The lowest BCUT2D eigenvalue weighted by molar-refractivity contribution is 0.0574. The fraction of sp³-hybridized carbons (Fsp3) is 0.533. The molecule has 6 nitrogen and oxygen atoms in total. The molecule has 0 radical (unpaired) electrons. The standard InChI is InChI=1S/C15H20N2O4/c1-9-10-6-7-17(14(19)21-15(2,3)4)12(10)8-11(16-9)13(18)20-5/h8H,6-7H2,1-5H3. The Morgan fingerprint density at radius 1 is 1.33 bits per heavy atom. The molecule has 0 fully saturated rings. The summed E-state index contributed by atoms with van der Waals surface area (Å²) in [6.07, 6.45) is 0.289. The van der Waals surface area contributed by atoms with E-state index in [-0.39, 0.29) is 5.69 Å². The highest BCUT2D eigenvalue weighted by atomic mass is 16.6. The topological polar surface area (TPSA) is 68.7 Å². The molecule has 21 heavy (non-hydrogen) atoms. The number of carbonyl (C=O) groups is 2. The minimum absolute atomic E-state index is 0.198. The van der Waals surface area contributed by atoms with Crippen molar-refractivity contribution in [2.75, 3.05) is 18.6 Å². The number of amides is 1. The van der Waals surface area contributed by atoms with Crippen molar-refractivity contribution in [3.8, 4) is 0 Å². The van der Waals surface area contributed by atoms with Crippen LogP contribution in [-0.2, 0) is 15.9 Å². The van der Waals surface area contributed by atoms with Gasteiger partial charge in [0.25, 0.3) is 0 Å². The molecule has 0 saturated heterocycles.